The topological polar surface area (TPSA) is 78.9 Å². The zero-order valence-corrected chi connectivity index (χ0v) is 14.3. The molecule has 0 atom stereocenters. The highest BCUT2D eigenvalue weighted by atomic mass is 32.1. The number of nitrogens with one attached hydrogen (secondary N) is 1. The number of carbonyl (C=O) groups excluding carboxylic acids is 2. The maximum Gasteiger partial charge on any atom is 0.270 e. The number of amides is 2. The molecule has 1 fully saturated rings. The minimum absolute atomic E-state index is 0.0665. The molecular formula is C18H13FN2O4S. The Balaban J connectivity index is 2.01. The zero-order chi connectivity index (χ0) is 18.8. The van der Waals surface area contributed by atoms with E-state index < -0.39 is 17.6 Å². The summed E-state index contributed by atoms with van der Waals surface area (Å²) in [5, 5.41) is 12.0. The summed E-state index contributed by atoms with van der Waals surface area (Å²) in [5.74, 6) is -1.61. The predicted molar refractivity (Wildman–Crippen MR) is 97.3 cm³/mol. The van der Waals surface area contributed by atoms with Crippen molar-refractivity contribution in [3.63, 3.8) is 0 Å². The quantitative estimate of drug-likeness (QED) is 0.491. The van der Waals surface area contributed by atoms with E-state index in [9.17, 15) is 19.1 Å². The van der Waals surface area contributed by atoms with Crippen molar-refractivity contribution >= 4 is 40.9 Å². The third kappa shape index (κ3) is 3.27. The van der Waals surface area contributed by atoms with Crippen LogP contribution in [0.25, 0.3) is 6.08 Å². The van der Waals surface area contributed by atoms with Gasteiger partial charge >= 0.3 is 0 Å². The second-order valence-electron chi connectivity index (χ2n) is 5.37. The van der Waals surface area contributed by atoms with Gasteiger partial charge in [0.05, 0.1) is 12.8 Å². The van der Waals surface area contributed by atoms with Gasteiger partial charge in [-0.15, -0.1) is 0 Å². The molecule has 0 spiro atoms. The van der Waals surface area contributed by atoms with Crippen molar-refractivity contribution in [3.8, 4) is 11.5 Å². The average molecular weight is 372 g/mol. The molecule has 2 aromatic carbocycles. The van der Waals surface area contributed by atoms with E-state index >= 15 is 0 Å². The van der Waals surface area contributed by atoms with Crippen LogP contribution in [0.15, 0.2) is 48.0 Å². The lowest BCUT2D eigenvalue weighted by atomic mass is 10.1. The van der Waals surface area contributed by atoms with Gasteiger partial charge in [-0.2, -0.15) is 0 Å². The summed E-state index contributed by atoms with van der Waals surface area (Å²) in [6, 6.07) is 9.56. The van der Waals surface area contributed by atoms with Crippen molar-refractivity contribution in [2.24, 2.45) is 0 Å². The smallest absolute Gasteiger partial charge is 0.270 e. The van der Waals surface area contributed by atoms with E-state index in [-0.39, 0.29) is 22.2 Å². The zero-order valence-electron chi connectivity index (χ0n) is 13.5. The highest BCUT2D eigenvalue weighted by Crippen LogP contribution is 2.28. The van der Waals surface area contributed by atoms with Crippen LogP contribution in [0.1, 0.15) is 5.56 Å². The third-order valence-corrected chi connectivity index (χ3v) is 3.99. The van der Waals surface area contributed by atoms with Crippen molar-refractivity contribution < 1.29 is 23.8 Å². The third-order valence-electron chi connectivity index (χ3n) is 3.70. The minimum atomic E-state index is -0.648. The second-order valence-corrected chi connectivity index (χ2v) is 5.75. The molecule has 3 rings (SSSR count). The van der Waals surface area contributed by atoms with Crippen LogP contribution in [0.4, 0.5) is 10.1 Å². The lowest BCUT2D eigenvalue weighted by Gasteiger charge is -2.28. The fourth-order valence-electron chi connectivity index (χ4n) is 2.43. The van der Waals surface area contributed by atoms with Crippen LogP contribution in [0.3, 0.4) is 0 Å². The molecule has 0 saturated carbocycles. The number of halogens is 1. The van der Waals surface area contributed by atoms with Crippen LogP contribution in [-0.2, 0) is 9.59 Å². The Morgan fingerprint density at radius 1 is 1.19 bits per heavy atom. The van der Waals surface area contributed by atoms with Gasteiger partial charge in [-0.1, -0.05) is 6.07 Å². The number of nitrogens with zero attached hydrogens (tertiary/aromatic N) is 1. The first-order valence-electron chi connectivity index (χ1n) is 7.44. The summed E-state index contributed by atoms with van der Waals surface area (Å²) in [5.41, 5.74) is 0.649. The van der Waals surface area contributed by atoms with E-state index in [1.165, 1.54) is 55.7 Å². The van der Waals surface area contributed by atoms with Gasteiger partial charge in [0.1, 0.15) is 11.4 Å². The van der Waals surface area contributed by atoms with Crippen LogP contribution in [0.2, 0.25) is 0 Å². The van der Waals surface area contributed by atoms with Gasteiger partial charge in [0, 0.05) is 0 Å². The first-order valence-corrected chi connectivity index (χ1v) is 7.85. The molecule has 0 unspecified atom stereocenters. The molecule has 2 amide bonds. The Bertz CT molecular complexity index is 941. The first kappa shape index (κ1) is 17.6. The molecule has 0 radical (unpaired) electrons. The van der Waals surface area contributed by atoms with E-state index in [0.717, 1.165) is 4.90 Å². The predicted octanol–water partition coefficient (Wildman–Crippen LogP) is 2.37. The fourth-order valence-corrected chi connectivity index (χ4v) is 2.71. The molecule has 0 bridgehead atoms. The van der Waals surface area contributed by atoms with Gasteiger partial charge in [-0.3, -0.25) is 19.8 Å². The van der Waals surface area contributed by atoms with E-state index in [0.29, 0.717) is 11.3 Å². The van der Waals surface area contributed by atoms with Crippen molar-refractivity contribution in [1.29, 1.82) is 0 Å². The Kier molecular flexibility index (Phi) is 4.68. The summed E-state index contributed by atoms with van der Waals surface area (Å²) in [4.78, 5) is 26.1. The molecule has 1 heterocycles. The number of hydrogen-bond acceptors (Lipinski definition) is 5. The number of thiocarbonyl (C=S) groups is 1. The number of ether oxygens (including phenoxy) is 1. The fraction of sp³-hybridized carbons (Fsp3) is 0.0556. The molecule has 8 heteroatoms. The van der Waals surface area contributed by atoms with Crippen LogP contribution >= 0.6 is 12.2 Å². The molecule has 0 aromatic heterocycles. The molecule has 2 N–H and O–H groups in total. The first-order chi connectivity index (χ1) is 12.4. The van der Waals surface area contributed by atoms with E-state index in [1.807, 2.05) is 0 Å². The summed E-state index contributed by atoms with van der Waals surface area (Å²) >= 11 is 5.07. The number of phenols is 1. The van der Waals surface area contributed by atoms with Crippen LogP contribution in [0.5, 0.6) is 11.5 Å². The Morgan fingerprint density at radius 2 is 1.88 bits per heavy atom. The van der Waals surface area contributed by atoms with Crippen molar-refractivity contribution in [2.45, 2.75) is 0 Å². The number of phenolic OH excluding ortho intramolecular Hbond substituents is 1. The highest BCUT2D eigenvalue weighted by molar-refractivity contribution is 7.80. The number of aromatic hydroxyl groups is 1. The molecule has 26 heavy (non-hydrogen) atoms. The Morgan fingerprint density at radius 3 is 2.54 bits per heavy atom. The standard InChI is InChI=1S/C18H13FN2O4S/c1-25-15-9-10(2-7-14(15)22)8-13-16(23)20-18(26)21(17(13)24)12-5-3-11(19)4-6-12/h2-9,22H,1H3,(H,20,23,26)/b13-8-. The molecule has 6 nitrogen and oxygen atoms in total. The maximum absolute atomic E-state index is 13.1. The van der Waals surface area contributed by atoms with Gasteiger partial charge in [-0.05, 0) is 60.3 Å². The number of methoxy groups -OCH3 is 1. The molecule has 2 aromatic rings. The van der Waals surface area contributed by atoms with Crippen LogP contribution in [-0.4, -0.2) is 29.1 Å². The molecule has 1 saturated heterocycles. The van der Waals surface area contributed by atoms with Gasteiger partial charge in [0.15, 0.2) is 16.6 Å². The monoisotopic (exact) mass is 372 g/mol. The number of hydrogen-bond donors (Lipinski definition) is 2. The lowest BCUT2D eigenvalue weighted by Crippen LogP contribution is -2.54. The molecule has 0 aliphatic carbocycles. The summed E-state index contributed by atoms with van der Waals surface area (Å²) < 4.78 is 18.1. The summed E-state index contributed by atoms with van der Waals surface area (Å²) in [6.45, 7) is 0. The van der Waals surface area contributed by atoms with Gasteiger partial charge in [-0.25, -0.2) is 4.39 Å². The van der Waals surface area contributed by atoms with Crippen molar-refractivity contribution in [2.75, 3.05) is 12.0 Å². The lowest BCUT2D eigenvalue weighted by molar-refractivity contribution is -0.122. The minimum Gasteiger partial charge on any atom is -0.504 e. The number of rotatable bonds is 3. The van der Waals surface area contributed by atoms with Gasteiger partial charge < -0.3 is 9.84 Å². The number of benzene rings is 2. The summed E-state index contributed by atoms with van der Waals surface area (Å²) in [6.07, 6.45) is 1.36. The largest absolute Gasteiger partial charge is 0.504 e. The molecule has 132 valence electrons. The van der Waals surface area contributed by atoms with Crippen molar-refractivity contribution in [3.05, 3.63) is 59.4 Å². The maximum atomic E-state index is 13.1. The van der Waals surface area contributed by atoms with E-state index in [1.54, 1.807) is 0 Å². The normalized spacial score (nSPS) is 16.0. The van der Waals surface area contributed by atoms with E-state index in [4.69, 9.17) is 17.0 Å². The number of carbonyl (C=O) groups is 2. The molecule has 1 aliphatic heterocycles. The highest BCUT2D eigenvalue weighted by Gasteiger charge is 2.34. The van der Waals surface area contributed by atoms with Gasteiger partial charge in [0.25, 0.3) is 11.8 Å². The molecular weight excluding hydrogens is 359 g/mol. The van der Waals surface area contributed by atoms with Gasteiger partial charge in [0.2, 0.25) is 0 Å². The number of anilines is 1. The molecule has 1 aliphatic rings. The Hall–Kier alpha value is -3.26. The SMILES string of the molecule is COc1cc(/C=C2/C(=O)NC(=S)N(c3ccc(F)cc3)C2=O)ccc1O. The van der Waals surface area contributed by atoms with Crippen LogP contribution in [0, 0.1) is 5.82 Å². The van der Waals surface area contributed by atoms with Crippen LogP contribution < -0.4 is 15.0 Å². The van der Waals surface area contributed by atoms with E-state index in [2.05, 4.69) is 5.32 Å². The summed E-state index contributed by atoms with van der Waals surface area (Å²) in [7, 11) is 1.39. The second kappa shape index (κ2) is 6.93. The van der Waals surface area contributed by atoms with Crippen molar-refractivity contribution in [1.82, 2.24) is 5.32 Å². The average Bonchev–Trinajstić information content (AvgIpc) is 2.61. The Labute approximate surface area is 153 Å².